The van der Waals surface area contributed by atoms with Gasteiger partial charge in [-0.1, -0.05) is 38.5 Å². The Hall–Kier alpha value is -1.07. The molecular formula is C16H24F3NO. The van der Waals surface area contributed by atoms with Crippen LogP contribution in [0.2, 0.25) is 0 Å². The van der Waals surface area contributed by atoms with Gasteiger partial charge in [-0.15, -0.1) is 0 Å². The Morgan fingerprint density at radius 2 is 1.95 bits per heavy atom. The lowest BCUT2D eigenvalue weighted by atomic mass is 9.97. The highest BCUT2D eigenvalue weighted by atomic mass is 19.4. The SMILES string of the molecule is CCCC(OC)C(Cc1cccc(C(F)(F)F)c1)NCC. The normalized spacial score (nSPS) is 15.0. The van der Waals surface area contributed by atoms with E-state index in [0.717, 1.165) is 25.5 Å². The van der Waals surface area contributed by atoms with Crippen molar-refractivity contribution in [3.05, 3.63) is 35.4 Å². The largest absolute Gasteiger partial charge is 0.416 e. The first-order valence-corrected chi connectivity index (χ1v) is 7.34. The van der Waals surface area contributed by atoms with E-state index in [-0.39, 0.29) is 12.1 Å². The Bertz CT molecular complexity index is 420. The van der Waals surface area contributed by atoms with E-state index in [4.69, 9.17) is 4.74 Å². The highest BCUT2D eigenvalue weighted by Gasteiger charge is 2.30. The molecule has 0 aliphatic carbocycles. The average Bonchev–Trinajstić information content (AvgIpc) is 2.44. The fourth-order valence-corrected chi connectivity index (χ4v) is 2.49. The quantitative estimate of drug-likeness (QED) is 0.782. The molecule has 0 heterocycles. The van der Waals surface area contributed by atoms with E-state index in [1.807, 2.05) is 6.92 Å². The van der Waals surface area contributed by atoms with Crippen LogP contribution < -0.4 is 5.32 Å². The van der Waals surface area contributed by atoms with Gasteiger partial charge in [-0.3, -0.25) is 0 Å². The smallest absolute Gasteiger partial charge is 0.380 e. The summed E-state index contributed by atoms with van der Waals surface area (Å²) >= 11 is 0. The van der Waals surface area contributed by atoms with E-state index in [0.29, 0.717) is 12.0 Å². The number of hydrogen-bond acceptors (Lipinski definition) is 2. The summed E-state index contributed by atoms with van der Waals surface area (Å²) in [5.74, 6) is 0. The molecule has 1 rings (SSSR count). The van der Waals surface area contributed by atoms with Crippen LogP contribution in [0.4, 0.5) is 13.2 Å². The maximum atomic E-state index is 12.8. The van der Waals surface area contributed by atoms with E-state index in [2.05, 4.69) is 12.2 Å². The van der Waals surface area contributed by atoms with Crippen LogP contribution in [0.3, 0.4) is 0 Å². The van der Waals surface area contributed by atoms with Crippen molar-refractivity contribution in [1.29, 1.82) is 0 Å². The van der Waals surface area contributed by atoms with Crippen molar-refractivity contribution >= 4 is 0 Å². The van der Waals surface area contributed by atoms with Gasteiger partial charge in [-0.05, 0) is 31.0 Å². The zero-order valence-corrected chi connectivity index (χ0v) is 12.8. The zero-order chi connectivity index (χ0) is 15.9. The number of likely N-dealkylation sites (N-methyl/N-ethyl adjacent to an activating group) is 1. The summed E-state index contributed by atoms with van der Waals surface area (Å²) in [5, 5.41) is 3.32. The first kappa shape index (κ1) is 18.0. The number of methoxy groups -OCH3 is 1. The Morgan fingerprint density at radius 1 is 1.24 bits per heavy atom. The van der Waals surface area contributed by atoms with Gasteiger partial charge in [0.1, 0.15) is 0 Å². The van der Waals surface area contributed by atoms with Crippen LogP contribution >= 0.6 is 0 Å². The second-order valence-corrected chi connectivity index (χ2v) is 5.13. The van der Waals surface area contributed by atoms with Crippen LogP contribution in [0.15, 0.2) is 24.3 Å². The summed E-state index contributed by atoms with van der Waals surface area (Å²) in [4.78, 5) is 0. The van der Waals surface area contributed by atoms with Gasteiger partial charge < -0.3 is 10.1 Å². The molecule has 21 heavy (non-hydrogen) atoms. The second kappa shape index (κ2) is 8.39. The average molecular weight is 303 g/mol. The van der Waals surface area contributed by atoms with Crippen LogP contribution in [0.5, 0.6) is 0 Å². The fourth-order valence-electron chi connectivity index (χ4n) is 2.49. The number of hydrogen-bond donors (Lipinski definition) is 1. The van der Waals surface area contributed by atoms with Gasteiger partial charge in [0.25, 0.3) is 0 Å². The fraction of sp³-hybridized carbons (Fsp3) is 0.625. The van der Waals surface area contributed by atoms with Crippen molar-refractivity contribution in [2.45, 2.75) is 51.4 Å². The van der Waals surface area contributed by atoms with Crippen molar-refractivity contribution in [2.24, 2.45) is 0 Å². The van der Waals surface area contributed by atoms with Crippen molar-refractivity contribution in [3.63, 3.8) is 0 Å². The number of nitrogens with one attached hydrogen (secondary N) is 1. The summed E-state index contributed by atoms with van der Waals surface area (Å²) < 4.78 is 43.8. The summed E-state index contributed by atoms with van der Waals surface area (Å²) in [6.07, 6.45) is -1.91. The van der Waals surface area contributed by atoms with Crippen molar-refractivity contribution in [1.82, 2.24) is 5.32 Å². The molecule has 0 spiro atoms. The van der Waals surface area contributed by atoms with Crippen LogP contribution in [0, 0.1) is 0 Å². The molecule has 0 aromatic heterocycles. The molecule has 2 nitrogen and oxygen atoms in total. The minimum Gasteiger partial charge on any atom is -0.380 e. The number of benzene rings is 1. The molecular weight excluding hydrogens is 279 g/mol. The van der Waals surface area contributed by atoms with Crippen LogP contribution in [0.1, 0.15) is 37.8 Å². The minimum atomic E-state index is -4.30. The van der Waals surface area contributed by atoms with Gasteiger partial charge in [0.2, 0.25) is 0 Å². The van der Waals surface area contributed by atoms with Gasteiger partial charge in [-0.25, -0.2) is 0 Å². The van der Waals surface area contributed by atoms with E-state index in [1.165, 1.54) is 12.1 Å². The highest BCUT2D eigenvalue weighted by Crippen LogP contribution is 2.30. The minimum absolute atomic E-state index is 0.00416. The molecule has 0 aliphatic rings. The Labute approximate surface area is 124 Å². The third-order valence-electron chi connectivity index (χ3n) is 3.50. The molecule has 1 aromatic rings. The molecule has 0 aliphatic heterocycles. The molecule has 120 valence electrons. The lowest BCUT2D eigenvalue weighted by Gasteiger charge is -2.27. The molecule has 1 N–H and O–H groups in total. The number of ether oxygens (including phenoxy) is 1. The zero-order valence-electron chi connectivity index (χ0n) is 12.8. The molecule has 2 unspecified atom stereocenters. The van der Waals surface area contributed by atoms with Crippen molar-refractivity contribution < 1.29 is 17.9 Å². The standard InChI is InChI=1S/C16H24F3NO/c1-4-7-15(21-3)14(20-5-2)11-12-8-6-9-13(10-12)16(17,18)19/h6,8-10,14-15,20H,4-5,7,11H2,1-3H3. The van der Waals surface area contributed by atoms with Crippen molar-refractivity contribution in [2.75, 3.05) is 13.7 Å². The predicted molar refractivity (Wildman–Crippen MR) is 78.3 cm³/mol. The van der Waals surface area contributed by atoms with Crippen LogP contribution in [0.25, 0.3) is 0 Å². The summed E-state index contributed by atoms with van der Waals surface area (Å²) in [6, 6.07) is 5.54. The molecule has 0 bridgehead atoms. The highest BCUT2D eigenvalue weighted by molar-refractivity contribution is 5.26. The number of halogens is 3. The molecule has 2 atom stereocenters. The molecule has 0 amide bonds. The first-order chi connectivity index (χ1) is 9.92. The van der Waals surface area contributed by atoms with E-state index in [1.54, 1.807) is 13.2 Å². The molecule has 0 saturated carbocycles. The lowest BCUT2D eigenvalue weighted by Crippen LogP contribution is -2.42. The van der Waals surface area contributed by atoms with Gasteiger partial charge in [-0.2, -0.15) is 13.2 Å². The summed E-state index contributed by atoms with van der Waals surface area (Å²) in [5.41, 5.74) is 0.0774. The van der Waals surface area contributed by atoms with Gasteiger partial charge in [0.15, 0.2) is 0 Å². The summed E-state index contributed by atoms with van der Waals surface area (Å²) in [7, 11) is 1.65. The maximum Gasteiger partial charge on any atom is 0.416 e. The second-order valence-electron chi connectivity index (χ2n) is 5.13. The third-order valence-corrected chi connectivity index (χ3v) is 3.50. The third kappa shape index (κ3) is 5.67. The van der Waals surface area contributed by atoms with E-state index in [9.17, 15) is 13.2 Å². The topological polar surface area (TPSA) is 21.3 Å². The number of alkyl halides is 3. The van der Waals surface area contributed by atoms with Gasteiger partial charge in [0, 0.05) is 13.2 Å². The predicted octanol–water partition coefficient (Wildman–Crippen LogP) is 4.04. The van der Waals surface area contributed by atoms with E-state index < -0.39 is 11.7 Å². The van der Waals surface area contributed by atoms with E-state index >= 15 is 0 Å². The monoisotopic (exact) mass is 303 g/mol. The van der Waals surface area contributed by atoms with Crippen LogP contribution in [-0.2, 0) is 17.3 Å². The van der Waals surface area contributed by atoms with Gasteiger partial charge >= 0.3 is 6.18 Å². The van der Waals surface area contributed by atoms with Crippen LogP contribution in [-0.4, -0.2) is 25.8 Å². The molecule has 0 saturated heterocycles. The summed E-state index contributed by atoms with van der Waals surface area (Å²) in [6.45, 7) is 4.81. The van der Waals surface area contributed by atoms with Gasteiger partial charge in [0.05, 0.1) is 11.7 Å². The molecule has 0 fully saturated rings. The van der Waals surface area contributed by atoms with Crippen molar-refractivity contribution in [3.8, 4) is 0 Å². The Balaban J connectivity index is 2.88. The Morgan fingerprint density at radius 3 is 2.48 bits per heavy atom. The molecule has 1 aromatic carbocycles. The lowest BCUT2D eigenvalue weighted by molar-refractivity contribution is -0.137. The molecule has 0 radical (unpaired) electrons. The maximum absolute atomic E-state index is 12.8. The number of rotatable bonds is 8. The molecule has 5 heteroatoms. The first-order valence-electron chi connectivity index (χ1n) is 7.34. The Kier molecular flexibility index (Phi) is 7.18.